The molecule has 1 saturated carbocycles. The van der Waals surface area contributed by atoms with Gasteiger partial charge in [0.2, 0.25) is 0 Å². The molecule has 2 aliphatic rings. The lowest BCUT2D eigenvalue weighted by molar-refractivity contribution is 0.189. The van der Waals surface area contributed by atoms with E-state index in [0.29, 0.717) is 11.5 Å². The van der Waals surface area contributed by atoms with Gasteiger partial charge in [0.25, 0.3) is 0 Å². The van der Waals surface area contributed by atoms with Gasteiger partial charge in [-0.05, 0) is 67.2 Å². The highest BCUT2D eigenvalue weighted by atomic mass is 14.9. The molecule has 0 radical (unpaired) electrons. The molecule has 3 rings (SSSR count). The average Bonchev–Trinajstić information content (AvgIpc) is 3.13. The molecule has 1 nitrogen and oxygen atoms in total. The van der Waals surface area contributed by atoms with Gasteiger partial charge >= 0.3 is 0 Å². The first-order chi connectivity index (χ1) is 9.79. The van der Waals surface area contributed by atoms with E-state index >= 15 is 0 Å². The zero-order valence-electron chi connectivity index (χ0n) is 13.2. The SMILES string of the molecule is CCNC(c1ccc2c(c1)CCC2)C1(CC)CCCC1. The summed E-state index contributed by atoms with van der Waals surface area (Å²) in [6.07, 6.45) is 10.9. The van der Waals surface area contributed by atoms with Crippen molar-refractivity contribution in [2.24, 2.45) is 5.41 Å². The van der Waals surface area contributed by atoms with E-state index in [1.165, 1.54) is 51.4 Å². The maximum atomic E-state index is 3.82. The lowest BCUT2D eigenvalue weighted by atomic mass is 9.73. The maximum absolute atomic E-state index is 3.82. The highest BCUT2D eigenvalue weighted by Crippen LogP contribution is 2.50. The van der Waals surface area contributed by atoms with Gasteiger partial charge in [0.15, 0.2) is 0 Å². The number of aryl methyl sites for hydroxylation is 2. The van der Waals surface area contributed by atoms with Crippen LogP contribution in [-0.4, -0.2) is 6.54 Å². The number of nitrogens with one attached hydrogen (secondary N) is 1. The Hall–Kier alpha value is -0.820. The number of fused-ring (bicyclic) bond motifs is 1. The van der Waals surface area contributed by atoms with Gasteiger partial charge < -0.3 is 5.32 Å². The number of rotatable bonds is 5. The van der Waals surface area contributed by atoms with Gasteiger partial charge in [-0.3, -0.25) is 0 Å². The average molecular weight is 271 g/mol. The molecule has 1 unspecified atom stereocenters. The van der Waals surface area contributed by atoms with Crippen molar-refractivity contribution in [3.05, 3.63) is 34.9 Å². The molecular formula is C19H29N. The highest BCUT2D eigenvalue weighted by Gasteiger charge is 2.40. The van der Waals surface area contributed by atoms with Crippen LogP contribution in [0.1, 0.15) is 75.1 Å². The van der Waals surface area contributed by atoms with Crippen molar-refractivity contribution in [3.8, 4) is 0 Å². The minimum absolute atomic E-state index is 0.503. The fourth-order valence-corrected chi connectivity index (χ4v) is 4.59. The summed E-state index contributed by atoms with van der Waals surface area (Å²) in [6, 6.07) is 7.89. The van der Waals surface area contributed by atoms with Crippen LogP contribution in [-0.2, 0) is 12.8 Å². The van der Waals surface area contributed by atoms with Crippen molar-refractivity contribution in [3.63, 3.8) is 0 Å². The van der Waals surface area contributed by atoms with Gasteiger partial charge in [-0.25, -0.2) is 0 Å². The fourth-order valence-electron chi connectivity index (χ4n) is 4.59. The van der Waals surface area contributed by atoms with Gasteiger partial charge in [0.1, 0.15) is 0 Å². The quantitative estimate of drug-likeness (QED) is 0.811. The van der Waals surface area contributed by atoms with E-state index in [-0.39, 0.29) is 0 Å². The molecule has 0 aliphatic heterocycles. The predicted octanol–water partition coefficient (Wildman–Crippen LogP) is 4.80. The minimum Gasteiger partial charge on any atom is -0.310 e. The number of hydrogen-bond acceptors (Lipinski definition) is 1. The van der Waals surface area contributed by atoms with Crippen molar-refractivity contribution in [2.45, 2.75) is 71.3 Å². The standard InChI is InChI=1S/C19H29N/c1-3-19(12-5-6-13-19)18(20-4-2)17-11-10-15-8-7-9-16(15)14-17/h10-11,14,18,20H,3-9,12-13H2,1-2H3. The second-order valence-electron chi connectivity index (χ2n) is 6.80. The van der Waals surface area contributed by atoms with E-state index < -0.39 is 0 Å². The summed E-state index contributed by atoms with van der Waals surface area (Å²) in [5.74, 6) is 0. The molecule has 1 heteroatoms. The second-order valence-corrected chi connectivity index (χ2v) is 6.80. The summed E-state index contributed by atoms with van der Waals surface area (Å²) < 4.78 is 0. The van der Waals surface area contributed by atoms with Gasteiger partial charge in [-0.15, -0.1) is 0 Å². The van der Waals surface area contributed by atoms with Gasteiger partial charge in [-0.2, -0.15) is 0 Å². The molecule has 0 heterocycles. The first-order valence-corrected chi connectivity index (χ1v) is 8.64. The third kappa shape index (κ3) is 2.41. The molecular weight excluding hydrogens is 242 g/mol. The van der Waals surface area contributed by atoms with E-state index in [0.717, 1.165) is 6.54 Å². The van der Waals surface area contributed by atoms with Gasteiger partial charge in [0.05, 0.1) is 0 Å². The Morgan fingerprint density at radius 1 is 1.05 bits per heavy atom. The molecule has 20 heavy (non-hydrogen) atoms. The molecule has 1 N–H and O–H groups in total. The third-order valence-corrected chi connectivity index (χ3v) is 5.78. The van der Waals surface area contributed by atoms with Crippen molar-refractivity contribution < 1.29 is 0 Å². The zero-order valence-corrected chi connectivity index (χ0v) is 13.2. The Kier molecular flexibility index (Phi) is 4.16. The van der Waals surface area contributed by atoms with Crippen molar-refractivity contribution in [2.75, 3.05) is 6.54 Å². The summed E-state index contributed by atoms with van der Waals surface area (Å²) in [5.41, 5.74) is 5.27. The highest BCUT2D eigenvalue weighted by molar-refractivity contribution is 5.37. The maximum Gasteiger partial charge on any atom is 0.0377 e. The third-order valence-electron chi connectivity index (χ3n) is 5.78. The predicted molar refractivity (Wildman–Crippen MR) is 86.1 cm³/mol. The van der Waals surface area contributed by atoms with Crippen molar-refractivity contribution in [1.29, 1.82) is 0 Å². The summed E-state index contributed by atoms with van der Waals surface area (Å²) >= 11 is 0. The molecule has 1 aromatic rings. The Balaban J connectivity index is 1.93. The van der Waals surface area contributed by atoms with Crippen LogP contribution < -0.4 is 5.32 Å². The van der Waals surface area contributed by atoms with Crippen LogP contribution in [0.25, 0.3) is 0 Å². The Morgan fingerprint density at radius 2 is 1.80 bits per heavy atom. The molecule has 110 valence electrons. The van der Waals surface area contributed by atoms with Crippen LogP contribution in [0.15, 0.2) is 18.2 Å². The second kappa shape index (κ2) is 5.89. The normalized spacial score (nSPS) is 21.9. The molecule has 2 aliphatic carbocycles. The molecule has 0 aromatic heterocycles. The van der Waals surface area contributed by atoms with Crippen molar-refractivity contribution >= 4 is 0 Å². The van der Waals surface area contributed by atoms with Gasteiger partial charge in [-0.1, -0.05) is 44.9 Å². The van der Waals surface area contributed by atoms with Crippen LogP contribution in [0.2, 0.25) is 0 Å². The van der Waals surface area contributed by atoms with E-state index in [9.17, 15) is 0 Å². The molecule has 0 bridgehead atoms. The van der Waals surface area contributed by atoms with Crippen LogP contribution in [0.5, 0.6) is 0 Å². The lowest BCUT2D eigenvalue weighted by Crippen LogP contribution is -2.36. The summed E-state index contributed by atoms with van der Waals surface area (Å²) in [7, 11) is 0. The van der Waals surface area contributed by atoms with Crippen LogP contribution in [0, 0.1) is 5.41 Å². The summed E-state index contributed by atoms with van der Waals surface area (Å²) in [5, 5.41) is 3.82. The lowest BCUT2D eigenvalue weighted by Gasteiger charge is -2.38. The topological polar surface area (TPSA) is 12.0 Å². The Labute approximate surface area is 124 Å². The number of hydrogen-bond donors (Lipinski definition) is 1. The Bertz CT molecular complexity index is 457. The largest absolute Gasteiger partial charge is 0.310 e. The first-order valence-electron chi connectivity index (χ1n) is 8.64. The van der Waals surface area contributed by atoms with E-state index in [4.69, 9.17) is 0 Å². The summed E-state index contributed by atoms with van der Waals surface area (Å²) in [4.78, 5) is 0. The van der Waals surface area contributed by atoms with E-state index in [2.05, 4.69) is 37.4 Å². The Morgan fingerprint density at radius 3 is 2.50 bits per heavy atom. The van der Waals surface area contributed by atoms with E-state index in [1.54, 1.807) is 16.7 Å². The fraction of sp³-hybridized carbons (Fsp3) is 0.684. The minimum atomic E-state index is 0.503. The molecule has 0 spiro atoms. The first kappa shape index (κ1) is 14.1. The zero-order chi connectivity index (χ0) is 14.0. The molecule has 1 atom stereocenters. The smallest absolute Gasteiger partial charge is 0.0377 e. The van der Waals surface area contributed by atoms with Crippen LogP contribution >= 0.6 is 0 Å². The van der Waals surface area contributed by atoms with E-state index in [1.807, 2.05) is 0 Å². The summed E-state index contributed by atoms with van der Waals surface area (Å²) in [6.45, 7) is 5.71. The molecule has 1 fully saturated rings. The van der Waals surface area contributed by atoms with Crippen LogP contribution in [0.3, 0.4) is 0 Å². The van der Waals surface area contributed by atoms with Crippen molar-refractivity contribution in [1.82, 2.24) is 5.32 Å². The van der Waals surface area contributed by atoms with Crippen LogP contribution in [0.4, 0.5) is 0 Å². The molecule has 0 saturated heterocycles. The molecule has 1 aromatic carbocycles. The molecule has 0 amide bonds. The monoisotopic (exact) mass is 271 g/mol. The van der Waals surface area contributed by atoms with Gasteiger partial charge in [0, 0.05) is 6.04 Å². The number of benzene rings is 1.